The van der Waals surface area contributed by atoms with E-state index in [1.165, 1.54) is 4.90 Å². The number of carbonyl (C=O) groups excluding carboxylic acids is 2. The van der Waals surface area contributed by atoms with Gasteiger partial charge in [-0.25, -0.2) is 0 Å². The quantitative estimate of drug-likeness (QED) is 0.402. The van der Waals surface area contributed by atoms with Gasteiger partial charge in [0.15, 0.2) is 0 Å². The maximum atomic E-state index is 13.1. The number of aliphatic hydroxyl groups excluding tert-OH is 1. The Kier molecular flexibility index (Phi) is 6.86. The molecule has 2 aliphatic heterocycles. The predicted molar refractivity (Wildman–Crippen MR) is 124 cm³/mol. The van der Waals surface area contributed by atoms with E-state index in [-0.39, 0.29) is 11.3 Å². The Morgan fingerprint density at radius 3 is 2.41 bits per heavy atom. The number of ketones is 1. The molecule has 6 nitrogen and oxygen atoms in total. The van der Waals surface area contributed by atoms with Gasteiger partial charge in [-0.3, -0.25) is 14.5 Å². The first-order valence-electron chi connectivity index (χ1n) is 10.5. The summed E-state index contributed by atoms with van der Waals surface area (Å²) in [6, 6.07) is 11.3. The minimum absolute atomic E-state index is 0.0325. The van der Waals surface area contributed by atoms with Gasteiger partial charge in [0, 0.05) is 41.8 Å². The monoisotopic (exact) mass is 474 g/mol. The molecular weight excluding hydrogens is 451 g/mol. The Morgan fingerprint density at radius 1 is 1.06 bits per heavy atom. The number of morpholine rings is 1. The van der Waals surface area contributed by atoms with Crippen molar-refractivity contribution < 1.29 is 19.4 Å². The molecule has 168 valence electrons. The molecule has 32 heavy (non-hydrogen) atoms. The summed E-state index contributed by atoms with van der Waals surface area (Å²) in [5.74, 6) is -1.59. The van der Waals surface area contributed by atoms with Gasteiger partial charge in [-0.05, 0) is 24.6 Å². The highest BCUT2D eigenvalue weighted by Gasteiger charge is 2.46. The number of rotatable bonds is 5. The van der Waals surface area contributed by atoms with Crippen molar-refractivity contribution in [3.8, 4) is 0 Å². The third-order valence-corrected chi connectivity index (χ3v) is 6.45. The van der Waals surface area contributed by atoms with Gasteiger partial charge in [-0.15, -0.1) is 0 Å². The number of benzene rings is 2. The Hall–Kier alpha value is -2.38. The third kappa shape index (κ3) is 4.55. The van der Waals surface area contributed by atoms with Gasteiger partial charge in [-0.1, -0.05) is 59.1 Å². The molecule has 2 aliphatic rings. The number of ether oxygens (including phenoxy) is 1. The molecular formula is C24H24Cl2N2O4. The minimum atomic E-state index is -0.804. The normalized spacial score (nSPS) is 21.3. The van der Waals surface area contributed by atoms with Crippen LogP contribution in [0.25, 0.3) is 5.76 Å². The Balaban J connectivity index is 1.76. The highest BCUT2D eigenvalue weighted by molar-refractivity contribution is 6.47. The number of hydrogen-bond donors (Lipinski definition) is 1. The second kappa shape index (κ2) is 9.63. The van der Waals surface area contributed by atoms with E-state index in [2.05, 4.69) is 4.90 Å². The number of hydrogen-bond acceptors (Lipinski definition) is 5. The van der Waals surface area contributed by atoms with Crippen LogP contribution in [0.15, 0.2) is 48.0 Å². The lowest BCUT2D eigenvalue weighted by molar-refractivity contribution is -0.140. The topological polar surface area (TPSA) is 70.1 Å². The van der Waals surface area contributed by atoms with E-state index in [9.17, 15) is 14.7 Å². The van der Waals surface area contributed by atoms with Crippen molar-refractivity contribution in [1.82, 2.24) is 9.80 Å². The molecule has 1 atom stereocenters. The number of nitrogens with zero attached hydrogens (tertiary/aromatic N) is 2. The van der Waals surface area contributed by atoms with Crippen LogP contribution < -0.4 is 0 Å². The van der Waals surface area contributed by atoms with Crippen molar-refractivity contribution in [2.75, 3.05) is 39.4 Å². The van der Waals surface area contributed by atoms with Crippen LogP contribution in [0.3, 0.4) is 0 Å². The number of carbonyl (C=O) groups is 2. The molecule has 2 fully saturated rings. The Morgan fingerprint density at radius 2 is 1.75 bits per heavy atom. The fraction of sp³-hybridized carbons (Fsp3) is 0.333. The number of halogens is 2. The van der Waals surface area contributed by atoms with Crippen molar-refractivity contribution >= 4 is 40.7 Å². The molecule has 2 aromatic rings. The van der Waals surface area contributed by atoms with Gasteiger partial charge in [-0.2, -0.15) is 0 Å². The van der Waals surface area contributed by atoms with Crippen molar-refractivity contribution in [2.24, 2.45) is 0 Å². The molecule has 8 heteroatoms. The van der Waals surface area contributed by atoms with Gasteiger partial charge in [0.1, 0.15) is 5.76 Å². The summed E-state index contributed by atoms with van der Waals surface area (Å²) in [4.78, 5) is 29.8. The first kappa shape index (κ1) is 22.8. The molecule has 0 unspecified atom stereocenters. The second-order valence-corrected chi connectivity index (χ2v) is 8.82. The van der Waals surface area contributed by atoms with Crippen LogP contribution in [0.5, 0.6) is 0 Å². The second-order valence-electron chi connectivity index (χ2n) is 7.98. The van der Waals surface area contributed by atoms with Gasteiger partial charge >= 0.3 is 0 Å². The molecule has 0 aliphatic carbocycles. The first-order chi connectivity index (χ1) is 15.4. The average Bonchev–Trinajstić information content (AvgIpc) is 3.03. The average molecular weight is 475 g/mol. The van der Waals surface area contributed by atoms with Crippen molar-refractivity contribution in [1.29, 1.82) is 0 Å². The van der Waals surface area contributed by atoms with E-state index < -0.39 is 17.7 Å². The standard InChI is InChI=1S/C24H24Cl2N2O4/c1-15-2-4-16(5-3-15)22(29)20-21(18-7-6-17(25)14-19(18)26)28(24(31)23(20)30)9-8-27-10-12-32-13-11-27/h2-7,14,21,29H,8-13H2,1H3/t21-/m1/s1. The molecule has 0 aromatic heterocycles. The number of aryl methyl sites for hydroxylation is 1. The molecule has 0 bridgehead atoms. The van der Waals surface area contributed by atoms with E-state index in [0.29, 0.717) is 47.5 Å². The number of aliphatic hydroxyl groups is 1. The number of Topliss-reactive ketones (excluding diaryl/α,β-unsaturated/α-hetero) is 1. The van der Waals surface area contributed by atoms with E-state index in [4.69, 9.17) is 27.9 Å². The van der Waals surface area contributed by atoms with Crippen LogP contribution in [0.2, 0.25) is 10.0 Å². The maximum Gasteiger partial charge on any atom is 0.295 e. The van der Waals surface area contributed by atoms with Crippen molar-refractivity contribution in [3.63, 3.8) is 0 Å². The van der Waals surface area contributed by atoms with Crippen LogP contribution in [0.1, 0.15) is 22.7 Å². The van der Waals surface area contributed by atoms with Gasteiger partial charge in [0.2, 0.25) is 0 Å². The number of amides is 1. The molecule has 2 saturated heterocycles. The summed E-state index contributed by atoms with van der Waals surface area (Å²) < 4.78 is 5.39. The minimum Gasteiger partial charge on any atom is -0.507 e. The van der Waals surface area contributed by atoms with Crippen LogP contribution in [-0.4, -0.2) is 66.0 Å². The molecule has 0 spiro atoms. The zero-order chi connectivity index (χ0) is 22.8. The van der Waals surface area contributed by atoms with E-state index >= 15 is 0 Å². The largest absolute Gasteiger partial charge is 0.507 e. The van der Waals surface area contributed by atoms with Crippen LogP contribution in [-0.2, 0) is 14.3 Å². The summed E-state index contributed by atoms with van der Waals surface area (Å²) in [6.45, 7) is 5.64. The van der Waals surface area contributed by atoms with Crippen LogP contribution in [0.4, 0.5) is 0 Å². The smallest absolute Gasteiger partial charge is 0.295 e. The maximum absolute atomic E-state index is 13.1. The number of likely N-dealkylation sites (tertiary alicyclic amines) is 1. The molecule has 1 N–H and O–H groups in total. The van der Waals surface area contributed by atoms with Crippen LogP contribution in [0, 0.1) is 6.92 Å². The van der Waals surface area contributed by atoms with E-state index in [0.717, 1.165) is 18.7 Å². The highest BCUT2D eigenvalue weighted by Crippen LogP contribution is 2.42. The fourth-order valence-electron chi connectivity index (χ4n) is 4.10. The lowest BCUT2D eigenvalue weighted by Gasteiger charge is -2.31. The molecule has 1 amide bonds. The Bertz CT molecular complexity index is 1060. The highest BCUT2D eigenvalue weighted by atomic mass is 35.5. The fourth-order valence-corrected chi connectivity index (χ4v) is 4.61. The zero-order valence-electron chi connectivity index (χ0n) is 17.7. The first-order valence-corrected chi connectivity index (χ1v) is 11.2. The summed E-state index contributed by atoms with van der Waals surface area (Å²) in [6.07, 6.45) is 0. The van der Waals surface area contributed by atoms with E-state index in [1.54, 1.807) is 30.3 Å². The summed E-state index contributed by atoms with van der Waals surface area (Å²) >= 11 is 12.6. The molecule has 2 heterocycles. The molecule has 2 aromatic carbocycles. The third-order valence-electron chi connectivity index (χ3n) is 5.88. The summed E-state index contributed by atoms with van der Waals surface area (Å²) in [7, 11) is 0. The van der Waals surface area contributed by atoms with Gasteiger partial charge in [0.25, 0.3) is 11.7 Å². The molecule has 0 radical (unpaired) electrons. The Labute approximate surface area is 197 Å². The summed E-state index contributed by atoms with van der Waals surface area (Å²) in [5, 5.41) is 11.9. The van der Waals surface area contributed by atoms with Crippen LogP contribution >= 0.6 is 23.2 Å². The lowest BCUT2D eigenvalue weighted by Crippen LogP contribution is -2.42. The van der Waals surface area contributed by atoms with Gasteiger partial charge < -0.3 is 14.7 Å². The summed E-state index contributed by atoms with van der Waals surface area (Å²) in [5.41, 5.74) is 2.07. The zero-order valence-corrected chi connectivity index (χ0v) is 19.2. The van der Waals surface area contributed by atoms with E-state index in [1.807, 2.05) is 19.1 Å². The molecule has 0 saturated carbocycles. The molecule has 4 rings (SSSR count). The predicted octanol–water partition coefficient (Wildman–Crippen LogP) is 4.06. The van der Waals surface area contributed by atoms with Crippen molar-refractivity contribution in [2.45, 2.75) is 13.0 Å². The lowest BCUT2D eigenvalue weighted by atomic mass is 9.95. The van der Waals surface area contributed by atoms with Crippen molar-refractivity contribution in [3.05, 3.63) is 74.8 Å². The van der Waals surface area contributed by atoms with Gasteiger partial charge in [0.05, 0.1) is 24.8 Å². The SMILES string of the molecule is Cc1ccc(C(O)=C2C(=O)C(=O)N(CCN3CCOCC3)[C@@H]2c2ccc(Cl)cc2Cl)cc1.